The maximum absolute atomic E-state index is 11.4. The summed E-state index contributed by atoms with van der Waals surface area (Å²) in [5.74, 6) is 1.27. The van der Waals surface area contributed by atoms with E-state index in [4.69, 9.17) is 9.47 Å². The number of likely N-dealkylation sites (tertiary alicyclic amines) is 1. The van der Waals surface area contributed by atoms with E-state index in [2.05, 4.69) is 11.0 Å². The summed E-state index contributed by atoms with van der Waals surface area (Å²) >= 11 is 0. The summed E-state index contributed by atoms with van der Waals surface area (Å²) in [5, 5.41) is 22.3. The first-order valence-electron chi connectivity index (χ1n) is 12.7. The third-order valence-electron chi connectivity index (χ3n) is 10.1. The van der Waals surface area contributed by atoms with Gasteiger partial charge in [0.25, 0.3) is 0 Å². The van der Waals surface area contributed by atoms with Gasteiger partial charge in [0.2, 0.25) is 0 Å². The molecule has 1 unspecified atom stereocenters. The van der Waals surface area contributed by atoms with Crippen molar-refractivity contribution in [3.05, 3.63) is 23.3 Å². The van der Waals surface area contributed by atoms with E-state index in [1.54, 1.807) is 13.2 Å². The molecule has 2 N–H and O–H groups in total. The normalized spacial score (nSPS) is 47.7. The summed E-state index contributed by atoms with van der Waals surface area (Å²) in [6, 6.07) is 4.15. The van der Waals surface area contributed by atoms with Crippen LogP contribution in [0.3, 0.4) is 0 Å². The lowest BCUT2D eigenvalue weighted by molar-refractivity contribution is -0.300. The van der Waals surface area contributed by atoms with E-state index in [0.717, 1.165) is 50.3 Å². The average molecular weight is 428 g/mol. The number of methoxy groups -OCH3 is 1. The molecule has 2 aliphatic heterocycles. The Morgan fingerprint density at radius 2 is 2.10 bits per heavy atom. The fraction of sp³-hybridized carbons (Fsp3) is 0.769. The van der Waals surface area contributed by atoms with Gasteiger partial charge in [-0.3, -0.25) is 4.90 Å². The van der Waals surface area contributed by atoms with Crippen LogP contribution in [-0.2, 0) is 16.6 Å². The minimum Gasteiger partial charge on any atom is -0.504 e. The molecule has 0 amide bonds. The molecule has 31 heavy (non-hydrogen) atoms. The minimum absolute atomic E-state index is 0.202. The third-order valence-corrected chi connectivity index (χ3v) is 10.1. The lowest BCUT2D eigenvalue weighted by Gasteiger charge is -2.75. The molecule has 2 spiro atoms. The zero-order valence-corrected chi connectivity index (χ0v) is 18.9. The number of aliphatic hydroxyl groups is 1. The van der Waals surface area contributed by atoms with Gasteiger partial charge in [0.15, 0.2) is 11.5 Å². The number of ether oxygens (including phenoxy) is 2. The van der Waals surface area contributed by atoms with Crippen molar-refractivity contribution in [1.82, 2.24) is 4.90 Å². The topological polar surface area (TPSA) is 62.2 Å². The molecule has 5 fully saturated rings. The van der Waals surface area contributed by atoms with Crippen LogP contribution in [0.1, 0.15) is 64.8 Å². The summed E-state index contributed by atoms with van der Waals surface area (Å²) in [4.78, 5) is 2.70. The first kappa shape index (κ1) is 18.2. The second-order valence-electron chi connectivity index (χ2n) is 11.8. The molecule has 2 heterocycles. The molecule has 7 aliphatic rings. The number of hydrogen-bond donors (Lipinski definition) is 2. The van der Waals surface area contributed by atoms with E-state index in [9.17, 15) is 11.6 Å². The van der Waals surface area contributed by atoms with Crippen LogP contribution in [0.25, 0.3) is 0 Å². The van der Waals surface area contributed by atoms with Crippen molar-refractivity contribution in [2.75, 3.05) is 20.2 Å². The molecule has 0 radical (unpaired) electrons. The summed E-state index contributed by atoms with van der Waals surface area (Å²) in [7, 11) is 1.73. The first-order valence-corrected chi connectivity index (χ1v) is 12.2. The van der Waals surface area contributed by atoms with Crippen LogP contribution in [0.2, 0.25) is 0 Å². The third kappa shape index (κ3) is 2.02. The van der Waals surface area contributed by atoms with E-state index >= 15 is 0 Å². The summed E-state index contributed by atoms with van der Waals surface area (Å²) < 4.78 is 22.9. The Morgan fingerprint density at radius 3 is 2.81 bits per heavy atom. The Kier molecular flexibility index (Phi) is 3.28. The Bertz CT molecular complexity index is 1000. The number of piperidine rings is 1. The molecule has 1 saturated heterocycles. The second kappa shape index (κ2) is 5.60. The van der Waals surface area contributed by atoms with Crippen molar-refractivity contribution < 1.29 is 21.1 Å². The van der Waals surface area contributed by atoms with Crippen LogP contribution in [0, 0.1) is 17.3 Å². The van der Waals surface area contributed by atoms with E-state index < -0.39 is 17.6 Å². The lowest BCUT2D eigenvalue weighted by Crippen LogP contribution is -2.82. The summed E-state index contributed by atoms with van der Waals surface area (Å²) in [5.41, 5.74) is 0.00643. The molecule has 5 aliphatic carbocycles. The number of phenolic OH excluding ortho intramolecular Hbond substituents is 1. The van der Waals surface area contributed by atoms with Crippen molar-refractivity contribution >= 4 is 0 Å². The zero-order valence-electron chi connectivity index (χ0n) is 19.9. The van der Waals surface area contributed by atoms with Crippen LogP contribution in [-0.4, -0.2) is 58.7 Å². The minimum atomic E-state index is -1.06. The Hall–Kier alpha value is -1.30. The number of fused-ring (bicyclic) bond motifs is 2. The number of hydrogen-bond acceptors (Lipinski definition) is 5. The number of phenols is 1. The van der Waals surface area contributed by atoms with Gasteiger partial charge < -0.3 is 19.7 Å². The van der Waals surface area contributed by atoms with Crippen molar-refractivity contribution in [2.24, 2.45) is 17.3 Å². The van der Waals surface area contributed by atoms with Crippen molar-refractivity contribution in [2.45, 2.75) is 87.5 Å². The van der Waals surface area contributed by atoms with Gasteiger partial charge in [0.05, 0.1) is 5.60 Å². The van der Waals surface area contributed by atoms with Crippen LogP contribution >= 0.6 is 0 Å². The first-order chi connectivity index (χ1) is 15.2. The van der Waals surface area contributed by atoms with Crippen molar-refractivity contribution in [1.29, 1.82) is 0 Å². The largest absolute Gasteiger partial charge is 0.504 e. The molecular formula is C26H35NO4. The molecule has 8 rings (SSSR count). The molecular weight excluding hydrogens is 390 g/mol. The lowest BCUT2D eigenvalue weighted by atomic mass is 9.34. The monoisotopic (exact) mass is 427 g/mol. The van der Waals surface area contributed by atoms with Gasteiger partial charge in [-0.25, -0.2) is 0 Å². The van der Waals surface area contributed by atoms with Gasteiger partial charge in [-0.05, 0) is 82.9 Å². The molecule has 5 nitrogen and oxygen atoms in total. The average Bonchev–Trinajstić information content (AvgIpc) is 3.48. The van der Waals surface area contributed by atoms with Gasteiger partial charge in [0.1, 0.15) is 11.7 Å². The highest BCUT2D eigenvalue weighted by Gasteiger charge is 2.81. The van der Waals surface area contributed by atoms with E-state index in [1.165, 1.54) is 18.4 Å². The summed E-state index contributed by atoms with van der Waals surface area (Å²) in [6.07, 6.45) is 5.46. The Balaban J connectivity index is 1.52. The van der Waals surface area contributed by atoms with Crippen LogP contribution < -0.4 is 4.74 Å². The highest BCUT2D eigenvalue weighted by Crippen LogP contribution is 2.77. The maximum atomic E-state index is 11.4. The molecule has 1 aromatic carbocycles. The zero-order chi connectivity index (χ0) is 22.3. The molecule has 4 bridgehead atoms. The van der Waals surface area contributed by atoms with Gasteiger partial charge in [-0.1, -0.05) is 6.07 Å². The van der Waals surface area contributed by atoms with E-state index in [0.29, 0.717) is 5.75 Å². The van der Waals surface area contributed by atoms with Gasteiger partial charge in [-0.2, -0.15) is 0 Å². The fourth-order valence-corrected chi connectivity index (χ4v) is 8.85. The van der Waals surface area contributed by atoms with Gasteiger partial charge in [-0.15, -0.1) is 0 Å². The van der Waals surface area contributed by atoms with Crippen LogP contribution in [0.4, 0.5) is 0 Å². The number of nitrogens with zero attached hydrogens (tertiary/aromatic N) is 1. The molecule has 0 aromatic heterocycles. The molecule has 5 heteroatoms. The number of rotatable bonds is 4. The van der Waals surface area contributed by atoms with Gasteiger partial charge >= 0.3 is 0 Å². The van der Waals surface area contributed by atoms with E-state index in [1.807, 2.05) is 13.8 Å². The Labute approximate surface area is 186 Å². The second-order valence-corrected chi connectivity index (χ2v) is 11.8. The van der Waals surface area contributed by atoms with Crippen molar-refractivity contribution in [3.63, 3.8) is 0 Å². The molecule has 7 atom stereocenters. The summed E-state index contributed by atoms with van der Waals surface area (Å²) in [6.45, 7) is 5.83. The van der Waals surface area contributed by atoms with Crippen LogP contribution in [0.5, 0.6) is 11.5 Å². The number of benzene rings is 1. The SMILES string of the molecule is [3H]C1[C@H](C(C)(C)O)[C@]2(OC)CC[C@]13[C@H]1Cc4ccc(O)c5c4[C@@]3(CCN1CC1CC1)[C@H]2O5. The Morgan fingerprint density at radius 1 is 1.29 bits per heavy atom. The smallest absolute Gasteiger partial charge is 0.165 e. The van der Waals surface area contributed by atoms with E-state index in [-0.39, 0.29) is 34.6 Å². The molecule has 4 saturated carbocycles. The standard InChI is InChI=1S/C26H35NO4/c1-23(2,29)18-13-24-8-9-26(18,30-3)22-25(24)10-11-27(14-15-4-5-15)19(24)12-16-6-7-17(28)21(31-22)20(16)25/h6-7,15,18-19,22,28-29H,4-5,8-14H2,1-3H3/t18-,19-,22-,24-,25+,26-/m1/s1/i13T/t13?,18-,19-,22-,24-,25+,26-. The predicted molar refractivity (Wildman–Crippen MR) is 116 cm³/mol. The highest BCUT2D eigenvalue weighted by atomic mass is 16.6. The fourth-order valence-electron chi connectivity index (χ4n) is 8.85. The van der Waals surface area contributed by atoms with Gasteiger partial charge in [0, 0.05) is 43.4 Å². The quantitative estimate of drug-likeness (QED) is 0.771. The number of aromatic hydroxyl groups is 1. The molecule has 1 aromatic rings. The highest BCUT2D eigenvalue weighted by molar-refractivity contribution is 5.63. The van der Waals surface area contributed by atoms with Crippen molar-refractivity contribution in [3.8, 4) is 11.5 Å². The predicted octanol–water partition coefficient (Wildman–Crippen LogP) is 3.39. The maximum Gasteiger partial charge on any atom is 0.165 e. The molecule has 168 valence electrons. The van der Waals surface area contributed by atoms with Crippen LogP contribution in [0.15, 0.2) is 12.1 Å².